The van der Waals surface area contributed by atoms with Crippen LogP contribution >= 0.6 is 17.2 Å². The Hall–Kier alpha value is -0.0230. The van der Waals surface area contributed by atoms with E-state index in [1.165, 1.54) is 36.8 Å². The van der Waals surface area contributed by atoms with Gasteiger partial charge in [0.2, 0.25) is 0 Å². The molecule has 0 fully saturated rings. The predicted octanol–water partition coefficient (Wildman–Crippen LogP) is 6.41. The Kier molecular flexibility index (Phi) is 5.71. The molecule has 1 atom stereocenters. The van der Waals surface area contributed by atoms with Crippen LogP contribution in [0.4, 0.5) is 0 Å². The van der Waals surface area contributed by atoms with E-state index in [1.54, 1.807) is 5.17 Å². The van der Waals surface area contributed by atoms with Gasteiger partial charge in [0.25, 0.3) is 0 Å². The van der Waals surface area contributed by atoms with Gasteiger partial charge < -0.3 is 0 Å². The third kappa shape index (κ3) is 3.09. The third-order valence-corrected chi connectivity index (χ3v) is 13.8. The van der Waals surface area contributed by atoms with E-state index >= 15 is 0 Å². The summed E-state index contributed by atoms with van der Waals surface area (Å²) in [6.07, 6.45) is 12.4. The van der Waals surface area contributed by atoms with Crippen molar-refractivity contribution in [3.63, 3.8) is 0 Å². The van der Waals surface area contributed by atoms with Crippen LogP contribution in [0.3, 0.4) is 0 Å². The van der Waals surface area contributed by atoms with E-state index in [0.717, 1.165) is 6.42 Å². The van der Waals surface area contributed by atoms with Gasteiger partial charge in [-0.25, -0.2) is 0 Å². The average Bonchev–Trinajstić information content (AvgIpc) is 2.98. The summed E-state index contributed by atoms with van der Waals surface area (Å²) in [7, 11) is 12.7. The Morgan fingerprint density at radius 3 is 2.42 bits per heavy atom. The summed E-state index contributed by atoms with van der Waals surface area (Å²) in [6.45, 7) is 11.6. The van der Waals surface area contributed by atoms with Gasteiger partial charge in [-0.15, -0.1) is 0 Å². The maximum absolute atomic E-state index is 6.60. The van der Waals surface area contributed by atoms with E-state index < -0.39 is 27.5 Å². The molecule has 3 aliphatic carbocycles. The molecule has 24 heavy (non-hydrogen) atoms. The van der Waals surface area contributed by atoms with Crippen molar-refractivity contribution in [2.75, 3.05) is 0 Å². The van der Waals surface area contributed by atoms with Crippen LogP contribution in [0.5, 0.6) is 0 Å². The third-order valence-electron chi connectivity index (χ3n) is 5.25. The first-order valence-corrected chi connectivity index (χ1v) is 21.6. The summed E-state index contributed by atoms with van der Waals surface area (Å²) in [4.78, 5) is 0. The van der Waals surface area contributed by atoms with Gasteiger partial charge >= 0.3 is 163 Å². The van der Waals surface area contributed by atoms with Crippen molar-refractivity contribution in [2.24, 2.45) is 5.92 Å². The molecule has 0 bridgehead atoms. The second-order valence-electron chi connectivity index (χ2n) is 6.93. The molecule has 0 aromatic carbocycles. The number of fused-ring (bicyclic) bond motifs is 1. The molecule has 0 saturated heterocycles. The van der Waals surface area contributed by atoms with Crippen LogP contribution in [-0.4, -0.2) is 13.6 Å². The molecule has 125 valence electrons. The molecule has 0 aliphatic heterocycles. The molecule has 4 heteroatoms. The molecule has 0 radical (unpaired) electrons. The summed E-state index contributed by atoms with van der Waals surface area (Å²) in [5.41, 5.74) is 8.47. The Morgan fingerprint density at radius 2 is 1.88 bits per heavy atom. The van der Waals surface area contributed by atoms with E-state index in [-0.39, 0.29) is 0 Å². The molecule has 0 nitrogen and oxygen atoms in total. The fraction of sp³-hybridized carbons (Fsp3) is 0.350. The molecule has 0 amide bonds. The van der Waals surface area contributed by atoms with E-state index in [2.05, 4.69) is 64.2 Å². The van der Waals surface area contributed by atoms with Crippen molar-refractivity contribution in [1.29, 1.82) is 0 Å². The number of hydrogen-bond acceptors (Lipinski definition) is 0. The van der Waals surface area contributed by atoms with Crippen LogP contribution in [0.2, 0.25) is 13.1 Å². The van der Waals surface area contributed by atoms with Crippen LogP contribution < -0.4 is 0 Å². The molecule has 0 N–H and O–H groups in total. The fourth-order valence-corrected chi connectivity index (χ4v) is 12.5. The zero-order valence-electron chi connectivity index (χ0n) is 14.9. The summed E-state index contributed by atoms with van der Waals surface area (Å²) in [6, 6.07) is 0. The molecule has 0 spiro atoms. The van der Waals surface area contributed by atoms with Crippen molar-refractivity contribution >= 4 is 30.7 Å². The van der Waals surface area contributed by atoms with Gasteiger partial charge in [-0.2, -0.15) is 0 Å². The monoisotopic (exact) mass is 541 g/mol. The summed E-state index contributed by atoms with van der Waals surface area (Å²) >= 11 is -2.70. The van der Waals surface area contributed by atoms with Gasteiger partial charge in [0.05, 0.1) is 0 Å². The molecule has 0 saturated carbocycles. The molecule has 3 rings (SSSR count). The van der Waals surface area contributed by atoms with Crippen molar-refractivity contribution in [1.82, 2.24) is 0 Å². The quantitative estimate of drug-likeness (QED) is 0.355. The molecule has 1 unspecified atom stereocenters. The zero-order chi connectivity index (χ0) is 17.6. The van der Waals surface area contributed by atoms with Crippen LogP contribution in [0, 0.1) is 5.92 Å². The molecule has 0 aromatic rings. The van der Waals surface area contributed by atoms with E-state index in [9.17, 15) is 0 Å². The molecular weight excluding hydrogens is 518 g/mol. The average molecular weight is 541 g/mol. The van der Waals surface area contributed by atoms with E-state index in [1.807, 2.05) is 0 Å². The molecule has 3 aliphatic rings. The van der Waals surface area contributed by atoms with Crippen LogP contribution in [0.15, 0.2) is 67.1 Å². The molecular formula is C20H23Cl2HfSi. The number of halogens is 2. The summed E-state index contributed by atoms with van der Waals surface area (Å²) in [5, 5.41) is 1.59. The number of hydrogen-bond donors (Lipinski definition) is 0. The number of rotatable bonds is 2. The summed E-state index contributed by atoms with van der Waals surface area (Å²) in [5.74, 6) is 0.445. The predicted molar refractivity (Wildman–Crippen MR) is 107 cm³/mol. The van der Waals surface area contributed by atoms with Crippen molar-refractivity contribution in [3.8, 4) is 0 Å². The van der Waals surface area contributed by atoms with E-state index in [0.29, 0.717) is 5.92 Å². The molecule has 0 aromatic heterocycles. The van der Waals surface area contributed by atoms with Gasteiger partial charge in [-0.1, -0.05) is 0 Å². The standard InChI is InChI=1S/C20H23Si.2ClH.Hf/c1-13-8-6-10-17(13)19-14(2)12-16-9-7-11-18(21(4)5)15(3)20(16)19;;;/h6-9,11,15H,10H2,1-5H3;2*1H;/q;;;+2/p-2. The number of allylic oxidation sites excluding steroid dienone is 12. The Balaban J connectivity index is 2.30. The first-order chi connectivity index (χ1) is 11.3. The van der Waals surface area contributed by atoms with Crippen molar-refractivity contribution in [3.05, 3.63) is 67.1 Å². The Labute approximate surface area is 162 Å². The topological polar surface area (TPSA) is 0 Å². The first-order valence-electron chi connectivity index (χ1n) is 8.41. The van der Waals surface area contributed by atoms with Crippen LogP contribution in [0.25, 0.3) is 0 Å². The minimum absolute atomic E-state index is 0.445. The van der Waals surface area contributed by atoms with Gasteiger partial charge in [-0.05, 0) is 0 Å². The molecule has 0 heterocycles. The summed E-state index contributed by atoms with van der Waals surface area (Å²) < 4.78 is 1.30. The Bertz CT molecular complexity index is 813. The van der Waals surface area contributed by atoms with Gasteiger partial charge in [0.15, 0.2) is 0 Å². The normalized spacial score (nSPS) is 23.2. The van der Waals surface area contributed by atoms with E-state index in [4.69, 9.17) is 17.2 Å². The second-order valence-corrected chi connectivity index (χ2v) is 20.9. The fourth-order valence-electron chi connectivity index (χ4n) is 4.12. The SMILES string of the molecule is CC1=C(C2=C3C(=CC=CC(=[Si](C)C)C3C)[C]([Hf]([Cl])[Cl])=C2C)CC=C1. The first kappa shape index (κ1) is 18.8. The van der Waals surface area contributed by atoms with Gasteiger partial charge in [0, 0.05) is 0 Å². The van der Waals surface area contributed by atoms with Gasteiger partial charge in [0.1, 0.15) is 0 Å². The minimum atomic E-state index is -2.70. The van der Waals surface area contributed by atoms with Crippen LogP contribution in [0.1, 0.15) is 27.2 Å². The second kappa shape index (κ2) is 7.30. The Morgan fingerprint density at radius 1 is 1.17 bits per heavy atom. The van der Waals surface area contributed by atoms with Crippen LogP contribution in [-0.2, 0) is 19.1 Å². The van der Waals surface area contributed by atoms with Crippen molar-refractivity contribution in [2.45, 2.75) is 40.3 Å². The maximum atomic E-state index is 6.60. The van der Waals surface area contributed by atoms with Crippen molar-refractivity contribution < 1.29 is 19.1 Å². The zero-order valence-corrected chi connectivity index (χ0v) is 21.0. The van der Waals surface area contributed by atoms with Gasteiger partial charge in [-0.3, -0.25) is 0 Å².